The minimum Gasteiger partial charge on any atom is -0.480 e. The van der Waals surface area contributed by atoms with Crippen LogP contribution in [-0.4, -0.2) is 145 Å². The Balaban J connectivity index is 0.735. The molecule has 9 heterocycles. The molecule has 5 aromatic rings. The van der Waals surface area contributed by atoms with Crippen molar-refractivity contribution in [1.82, 2.24) is 29.7 Å². The van der Waals surface area contributed by atoms with Crippen molar-refractivity contribution in [1.29, 1.82) is 0 Å². The minimum atomic E-state index is -5.02. The van der Waals surface area contributed by atoms with Crippen LogP contribution in [0.2, 0.25) is 0 Å². The first-order valence-corrected chi connectivity index (χ1v) is 28.3. The van der Waals surface area contributed by atoms with E-state index in [2.05, 4.69) is 36.4 Å². The summed E-state index contributed by atoms with van der Waals surface area (Å²) in [5, 5.41) is 15.0. The molecule has 0 radical (unpaired) electrons. The molecule has 0 unspecified atom stereocenters. The van der Waals surface area contributed by atoms with Gasteiger partial charge in [0.25, 0.3) is 23.6 Å². The Morgan fingerprint density at radius 1 is 0.831 bits per heavy atom. The van der Waals surface area contributed by atoms with E-state index >= 15 is 0 Å². The van der Waals surface area contributed by atoms with E-state index in [9.17, 15) is 33.6 Å². The van der Waals surface area contributed by atoms with Gasteiger partial charge in [-0.1, -0.05) is 0 Å². The van der Waals surface area contributed by atoms with E-state index in [1.54, 1.807) is 78.9 Å². The fourth-order valence-electron chi connectivity index (χ4n) is 12.0. The van der Waals surface area contributed by atoms with E-state index in [4.69, 9.17) is 28.6 Å². The van der Waals surface area contributed by atoms with Crippen molar-refractivity contribution in [3.05, 3.63) is 98.6 Å². The van der Waals surface area contributed by atoms with Crippen molar-refractivity contribution in [2.75, 3.05) is 73.1 Å². The molecule has 1 aliphatic carbocycles. The number of anilines is 5. The van der Waals surface area contributed by atoms with Gasteiger partial charge in [0.2, 0.25) is 11.8 Å². The Bertz CT molecular complexity index is 3360. The number of piperazine rings is 1. The molecule has 4 N–H and O–H groups in total. The summed E-state index contributed by atoms with van der Waals surface area (Å²) in [6.45, 7) is 8.58. The number of methoxy groups -OCH3 is 1. The van der Waals surface area contributed by atoms with Crippen molar-refractivity contribution in [3.8, 4) is 17.0 Å². The van der Waals surface area contributed by atoms with Crippen molar-refractivity contribution < 1.29 is 56.8 Å². The Morgan fingerprint density at radius 3 is 2.35 bits per heavy atom. The molecule has 23 heteroatoms. The van der Waals surface area contributed by atoms with Crippen molar-refractivity contribution in [2.24, 2.45) is 0 Å². The number of pyridine rings is 3. The molecular formula is C54H61N10O11PS. The van der Waals surface area contributed by atoms with Crippen LogP contribution < -0.4 is 24.8 Å². The molecule has 5 aliphatic heterocycles. The van der Waals surface area contributed by atoms with Crippen LogP contribution >= 0.6 is 19.2 Å². The molecule has 11 rings (SSSR count). The predicted molar refractivity (Wildman–Crippen MR) is 287 cm³/mol. The molecule has 0 bridgehead atoms. The highest BCUT2D eigenvalue weighted by atomic mass is 32.1. The molecular weight excluding hydrogens is 1030 g/mol. The Kier molecular flexibility index (Phi) is 13.0. The second-order valence-electron chi connectivity index (χ2n) is 21.0. The Labute approximate surface area is 453 Å². The van der Waals surface area contributed by atoms with E-state index in [0.717, 1.165) is 84.9 Å². The summed E-state index contributed by atoms with van der Waals surface area (Å²) >= 11 is 1.58. The van der Waals surface area contributed by atoms with Gasteiger partial charge < -0.3 is 34.7 Å². The van der Waals surface area contributed by atoms with E-state index in [0.29, 0.717) is 65.3 Å². The Morgan fingerprint density at radius 2 is 1.61 bits per heavy atom. The maximum absolute atomic E-state index is 14.3. The number of nitrogens with one attached hydrogen (secondary N) is 1. The number of phosphoric acid groups is 1. The summed E-state index contributed by atoms with van der Waals surface area (Å²) in [6.07, 6.45) is 11.1. The summed E-state index contributed by atoms with van der Waals surface area (Å²) in [7, 11) is -7.84. The van der Waals surface area contributed by atoms with Gasteiger partial charge >= 0.3 is 7.82 Å². The number of carbonyl (C=O) groups excluding carboxylic acids is 5. The van der Waals surface area contributed by atoms with Crippen LogP contribution in [0.25, 0.3) is 11.1 Å². The number of thiophene rings is 1. The third kappa shape index (κ3) is 10.0. The standard InChI is InChI=1S/C54H61N10O11PS/c1-31-29-60(33-16-20-59(21-17-33)34-9-11-39-40(26-34)51(67)64(50(39)66)42-12-14-45(65)63(52(42)68)30-75-76(71,72)73)23-24-61(31)35-10-13-44(56-28-35)58-41-25-32(27-57-49(41)74-4)36-15-19-55-48(46(36)54(2,3)70)62-22-18-38-37-7-5-6-8-43(37)77-47(38)53(62)69/h9-11,13,15,19,25-28,31,33,42,70H,5-8,12,14,16-18,20-24,29-30H2,1-4H3,(H,56,58)(H2,71,72,73)/t31-,42-/m0/s1/i4D3. The number of aryl methyl sites for hydroxylation is 1. The van der Waals surface area contributed by atoms with Crippen LogP contribution in [0.1, 0.15) is 115 Å². The zero-order chi connectivity index (χ0) is 56.6. The van der Waals surface area contributed by atoms with Gasteiger partial charge in [-0.3, -0.25) is 48.1 Å². The van der Waals surface area contributed by atoms with Gasteiger partial charge in [-0.25, -0.2) is 19.5 Å². The fourth-order valence-corrected chi connectivity index (χ4v) is 13.7. The van der Waals surface area contributed by atoms with Crippen molar-refractivity contribution >= 4 is 77.4 Å². The second-order valence-corrected chi connectivity index (χ2v) is 23.3. The number of nitrogens with zero attached hydrogens (tertiary/aromatic N) is 9. The zero-order valence-electron chi connectivity index (χ0n) is 45.8. The maximum Gasteiger partial charge on any atom is 0.471 e. The molecule has 1 aromatic carbocycles. The predicted octanol–water partition coefficient (Wildman–Crippen LogP) is 6.02. The lowest BCUT2D eigenvalue weighted by atomic mass is 9.89. The molecule has 0 spiro atoms. The van der Waals surface area contributed by atoms with Crippen LogP contribution in [0.5, 0.6) is 5.88 Å². The number of carbonyl (C=O) groups is 5. The van der Waals surface area contributed by atoms with Gasteiger partial charge in [0.15, 0.2) is 0 Å². The number of piperidine rings is 2. The van der Waals surface area contributed by atoms with E-state index in [-0.39, 0.29) is 47.5 Å². The third-order valence-electron chi connectivity index (χ3n) is 15.8. The molecule has 3 fully saturated rings. The molecule has 404 valence electrons. The van der Waals surface area contributed by atoms with Crippen molar-refractivity contribution in [2.45, 2.75) is 102 Å². The minimum absolute atomic E-state index is 0.124. The lowest BCUT2D eigenvalue weighted by Gasteiger charge is -2.46. The second kappa shape index (κ2) is 20.6. The SMILES string of the molecule is [2H]C([2H])([2H])Oc1ncc(-c2ccnc(N3CCc4c(sc5c4CCCC5)C3=O)c2C(C)(C)O)cc1Nc1ccc(N2CCN(C3CCN(c4ccc5c(c4)C(=O)N([C@H]4CCC(=O)N(COP(=O)(O)O)C4=O)C5=O)CC3)C[C@@H]2C)cn1. The number of likely N-dealkylation sites (tertiary alicyclic amines) is 1. The summed E-state index contributed by atoms with van der Waals surface area (Å²) in [6, 6.07) is 11.3. The number of ether oxygens (including phenoxy) is 1. The smallest absolute Gasteiger partial charge is 0.471 e. The van der Waals surface area contributed by atoms with Gasteiger partial charge in [-0.05, 0) is 131 Å². The highest BCUT2D eigenvalue weighted by Crippen LogP contribution is 2.44. The Hall–Kier alpha value is -6.65. The van der Waals surface area contributed by atoms with Gasteiger partial charge in [-0.2, -0.15) is 0 Å². The number of rotatable bonds is 13. The lowest BCUT2D eigenvalue weighted by molar-refractivity contribution is -0.155. The number of aliphatic hydroxyl groups is 1. The van der Waals surface area contributed by atoms with Crippen LogP contribution in [0.15, 0.2) is 61.1 Å². The van der Waals surface area contributed by atoms with Crippen LogP contribution in [-0.2, 0) is 43.5 Å². The number of amides is 5. The fraction of sp³-hybridized carbons (Fsp3) is 0.444. The third-order valence-corrected chi connectivity index (χ3v) is 17.5. The van der Waals surface area contributed by atoms with E-state index in [1.165, 1.54) is 16.6 Å². The van der Waals surface area contributed by atoms with E-state index in [1.807, 2.05) is 6.07 Å². The molecule has 2 atom stereocenters. The first kappa shape index (κ1) is 48.7. The largest absolute Gasteiger partial charge is 0.480 e. The monoisotopic (exact) mass is 1090 g/mol. The topological polar surface area (TPSA) is 252 Å². The zero-order valence-corrected chi connectivity index (χ0v) is 44.5. The first-order chi connectivity index (χ1) is 38.0. The normalized spacial score (nSPS) is 21.5. The number of hydrogen-bond donors (Lipinski definition) is 4. The van der Waals surface area contributed by atoms with Gasteiger partial charge in [0.1, 0.15) is 30.1 Å². The summed E-state index contributed by atoms with van der Waals surface area (Å²) < 4.78 is 44.8. The number of aromatic nitrogens is 3. The molecule has 0 saturated carbocycles. The number of imide groups is 2. The maximum atomic E-state index is 14.3. The summed E-state index contributed by atoms with van der Waals surface area (Å²) in [4.78, 5) is 111. The average molecular weight is 1090 g/mol. The van der Waals surface area contributed by atoms with Crippen LogP contribution in [0, 0.1) is 0 Å². The van der Waals surface area contributed by atoms with E-state index < -0.39 is 56.9 Å². The number of phosphoric ester groups is 1. The van der Waals surface area contributed by atoms with Gasteiger partial charge in [0.05, 0.1) is 44.6 Å². The number of hydrogen-bond acceptors (Lipinski definition) is 17. The molecule has 3 saturated heterocycles. The molecule has 4 aromatic heterocycles. The average Bonchev–Trinajstić information content (AvgIpc) is 3.96. The number of fused-ring (bicyclic) bond motifs is 4. The quantitative estimate of drug-likeness (QED) is 0.0777. The highest BCUT2D eigenvalue weighted by molar-refractivity contribution is 7.46. The van der Waals surface area contributed by atoms with Gasteiger partial charge in [-0.15, -0.1) is 11.3 Å². The van der Waals surface area contributed by atoms with Crippen LogP contribution in [0.4, 0.5) is 28.7 Å². The summed E-state index contributed by atoms with van der Waals surface area (Å²) in [5.41, 5.74) is 4.64. The first-order valence-electron chi connectivity index (χ1n) is 27.4. The molecule has 5 amide bonds. The molecule has 21 nitrogen and oxygen atoms in total. The van der Waals surface area contributed by atoms with Gasteiger partial charge in [0, 0.05) is 91.9 Å². The summed E-state index contributed by atoms with van der Waals surface area (Å²) in [5.74, 6) is -2.62. The molecule has 77 heavy (non-hydrogen) atoms. The van der Waals surface area contributed by atoms with Crippen molar-refractivity contribution in [3.63, 3.8) is 0 Å². The lowest BCUT2D eigenvalue weighted by Crippen LogP contribution is -2.57. The van der Waals surface area contributed by atoms with Crippen LogP contribution in [0.3, 0.4) is 0 Å². The molecule has 6 aliphatic rings. The highest BCUT2D eigenvalue weighted by Gasteiger charge is 2.48. The number of benzene rings is 1.